The van der Waals surface area contributed by atoms with Crippen molar-refractivity contribution >= 4 is 6.03 Å². The van der Waals surface area contributed by atoms with E-state index in [9.17, 15) is 4.79 Å². The van der Waals surface area contributed by atoms with Gasteiger partial charge in [-0.2, -0.15) is 5.10 Å². The lowest BCUT2D eigenvalue weighted by Crippen LogP contribution is -2.36. The molecule has 5 nitrogen and oxygen atoms in total. The molecule has 2 aromatic carbocycles. The van der Waals surface area contributed by atoms with Crippen molar-refractivity contribution in [1.82, 2.24) is 20.4 Å². The minimum absolute atomic E-state index is 0.0444. The highest BCUT2D eigenvalue weighted by Crippen LogP contribution is 2.16. The van der Waals surface area contributed by atoms with Gasteiger partial charge in [-0.1, -0.05) is 54.6 Å². The molecule has 0 radical (unpaired) electrons. The Kier molecular flexibility index (Phi) is 5.69. The molecular formula is C21H24N4O. The molecule has 1 aromatic heterocycles. The summed E-state index contributed by atoms with van der Waals surface area (Å²) in [6, 6.07) is 18.0. The minimum atomic E-state index is -0.184. The molecule has 134 valence electrons. The molecule has 0 fully saturated rings. The van der Waals surface area contributed by atoms with Gasteiger partial charge < -0.3 is 10.6 Å². The van der Waals surface area contributed by atoms with Gasteiger partial charge in [0.05, 0.1) is 18.8 Å². The van der Waals surface area contributed by atoms with Crippen molar-refractivity contribution in [3.63, 3.8) is 0 Å². The summed E-state index contributed by atoms with van der Waals surface area (Å²) in [5.74, 6) is 0. The zero-order valence-electron chi connectivity index (χ0n) is 15.1. The van der Waals surface area contributed by atoms with Crippen LogP contribution in [0.15, 0.2) is 67.0 Å². The monoisotopic (exact) mass is 348 g/mol. The Labute approximate surface area is 154 Å². The van der Waals surface area contributed by atoms with Gasteiger partial charge in [0.15, 0.2) is 0 Å². The lowest BCUT2D eigenvalue weighted by atomic mass is 10.0. The van der Waals surface area contributed by atoms with Crippen molar-refractivity contribution in [2.24, 2.45) is 0 Å². The van der Waals surface area contributed by atoms with E-state index in [4.69, 9.17) is 0 Å². The van der Waals surface area contributed by atoms with Gasteiger partial charge >= 0.3 is 6.03 Å². The summed E-state index contributed by atoms with van der Waals surface area (Å²) in [5.41, 5.74) is 4.46. The summed E-state index contributed by atoms with van der Waals surface area (Å²) in [6.07, 6.45) is 3.74. The van der Waals surface area contributed by atoms with E-state index in [1.165, 1.54) is 11.1 Å². The van der Waals surface area contributed by atoms with Crippen LogP contribution >= 0.6 is 0 Å². The summed E-state index contributed by atoms with van der Waals surface area (Å²) >= 11 is 0. The van der Waals surface area contributed by atoms with Crippen LogP contribution < -0.4 is 10.6 Å². The first kappa shape index (κ1) is 17.7. The van der Waals surface area contributed by atoms with Crippen LogP contribution in [0.3, 0.4) is 0 Å². The molecule has 0 spiro atoms. The number of amides is 2. The maximum absolute atomic E-state index is 12.2. The summed E-state index contributed by atoms with van der Waals surface area (Å²) < 4.78 is 1.88. The molecule has 1 unspecified atom stereocenters. The fraction of sp³-hybridized carbons (Fsp3) is 0.238. The first-order valence-electron chi connectivity index (χ1n) is 8.77. The second-order valence-electron chi connectivity index (χ2n) is 6.44. The molecule has 26 heavy (non-hydrogen) atoms. The second-order valence-corrected chi connectivity index (χ2v) is 6.44. The fourth-order valence-electron chi connectivity index (χ4n) is 2.94. The van der Waals surface area contributed by atoms with Crippen molar-refractivity contribution in [3.8, 4) is 0 Å². The van der Waals surface area contributed by atoms with Crippen molar-refractivity contribution < 1.29 is 4.79 Å². The highest BCUT2D eigenvalue weighted by atomic mass is 16.2. The molecule has 0 saturated heterocycles. The highest BCUT2D eigenvalue weighted by Gasteiger charge is 2.11. The lowest BCUT2D eigenvalue weighted by Gasteiger charge is -2.16. The summed E-state index contributed by atoms with van der Waals surface area (Å²) in [4.78, 5) is 12.2. The normalized spacial score (nSPS) is 11.8. The van der Waals surface area contributed by atoms with Crippen molar-refractivity contribution in [1.29, 1.82) is 0 Å². The Morgan fingerprint density at radius 2 is 1.81 bits per heavy atom. The third-order valence-electron chi connectivity index (χ3n) is 4.33. The maximum Gasteiger partial charge on any atom is 0.315 e. The van der Waals surface area contributed by atoms with E-state index in [1.807, 2.05) is 67.2 Å². The molecule has 5 heteroatoms. The Morgan fingerprint density at radius 1 is 1.08 bits per heavy atom. The van der Waals surface area contributed by atoms with Gasteiger partial charge in [0.2, 0.25) is 0 Å². The number of nitrogens with one attached hydrogen (secondary N) is 2. The third kappa shape index (κ3) is 4.72. The molecule has 0 aliphatic rings. The minimum Gasteiger partial charge on any atom is -0.334 e. The number of hydrogen-bond acceptors (Lipinski definition) is 2. The summed E-state index contributed by atoms with van der Waals surface area (Å²) in [5, 5.41) is 10.2. The molecule has 2 amide bonds. The van der Waals surface area contributed by atoms with Crippen molar-refractivity contribution in [2.75, 3.05) is 0 Å². The van der Waals surface area contributed by atoms with Crippen LogP contribution in [0.1, 0.15) is 35.2 Å². The van der Waals surface area contributed by atoms with E-state index in [2.05, 4.69) is 27.9 Å². The Hall–Kier alpha value is -3.08. The molecule has 1 heterocycles. The van der Waals surface area contributed by atoms with Crippen LogP contribution in [0.2, 0.25) is 0 Å². The molecule has 3 rings (SSSR count). The molecular weight excluding hydrogens is 324 g/mol. The van der Waals surface area contributed by atoms with Crippen LogP contribution in [0.4, 0.5) is 4.79 Å². The number of carbonyl (C=O) groups excluding carboxylic acids is 1. The molecule has 3 aromatic rings. The second kappa shape index (κ2) is 8.34. The number of nitrogens with zero attached hydrogens (tertiary/aromatic N) is 2. The Bertz CT molecular complexity index is 857. The molecule has 2 N–H and O–H groups in total. The Morgan fingerprint density at radius 3 is 2.58 bits per heavy atom. The topological polar surface area (TPSA) is 59.0 Å². The fourth-order valence-corrected chi connectivity index (χ4v) is 2.94. The smallest absolute Gasteiger partial charge is 0.315 e. The maximum atomic E-state index is 12.2. The predicted molar refractivity (Wildman–Crippen MR) is 103 cm³/mol. The van der Waals surface area contributed by atoms with Gasteiger partial charge in [-0.3, -0.25) is 4.68 Å². The van der Waals surface area contributed by atoms with Gasteiger partial charge in [-0.15, -0.1) is 0 Å². The van der Waals surface area contributed by atoms with Crippen molar-refractivity contribution in [3.05, 3.63) is 89.2 Å². The van der Waals surface area contributed by atoms with Gasteiger partial charge in [-0.05, 0) is 30.5 Å². The zero-order valence-corrected chi connectivity index (χ0v) is 15.1. The van der Waals surface area contributed by atoms with E-state index >= 15 is 0 Å². The lowest BCUT2D eigenvalue weighted by molar-refractivity contribution is 0.237. The first-order chi connectivity index (χ1) is 12.6. The number of hydrogen-bond donors (Lipinski definition) is 2. The van der Waals surface area contributed by atoms with E-state index in [0.717, 1.165) is 17.7 Å². The Balaban J connectivity index is 1.50. The summed E-state index contributed by atoms with van der Waals surface area (Å²) in [6.45, 7) is 5.20. The summed E-state index contributed by atoms with van der Waals surface area (Å²) in [7, 11) is 0. The van der Waals surface area contributed by atoms with E-state index in [0.29, 0.717) is 6.54 Å². The third-order valence-corrected chi connectivity index (χ3v) is 4.33. The number of carbonyl (C=O) groups is 1. The van der Waals surface area contributed by atoms with Crippen LogP contribution in [0.25, 0.3) is 0 Å². The quantitative estimate of drug-likeness (QED) is 0.712. The zero-order chi connectivity index (χ0) is 18.4. The van der Waals surface area contributed by atoms with Crippen LogP contribution in [-0.4, -0.2) is 15.8 Å². The van der Waals surface area contributed by atoms with Crippen molar-refractivity contribution in [2.45, 2.75) is 33.0 Å². The van der Waals surface area contributed by atoms with E-state index in [-0.39, 0.29) is 12.1 Å². The van der Waals surface area contributed by atoms with Gasteiger partial charge in [-0.25, -0.2) is 4.79 Å². The number of aryl methyl sites for hydroxylation is 1. The molecule has 0 aliphatic heterocycles. The average molecular weight is 348 g/mol. The van der Waals surface area contributed by atoms with Gasteiger partial charge in [0.25, 0.3) is 0 Å². The SMILES string of the molecule is Cc1ccccc1C(C)NC(=O)NCc1cnn(Cc2ccccc2)c1. The van der Waals surface area contributed by atoms with E-state index in [1.54, 1.807) is 6.20 Å². The average Bonchev–Trinajstić information content (AvgIpc) is 3.08. The molecule has 1 atom stereocenters. The molecule has 0 bridgehead atoms. The van der Waals surface area contributed by atoms with Crippen LogP contribution in [0.5, 0.6) is 0 Å². The largest absolute Gasteiger partial charge is 0.334 e. The van der Waals surface area contributed by atoms with Crippen LogP contribution in [0, 0.1) is 6.92 Å². The number of aromatic nitrogens is 2. The molecule has 0 aliphatic carbocycles. The first-order valence-corrected chi connectivity index (χ1v) is 8.77. The number of rotatable bonds is 6. The van der Waals surface area contributed by atoms with Crippen LogP contribution in [-0.2, 0) is 13.1 Å². The predicted octanol–water partition coefficient (Wildman–Crippen LogP) is 3.80. The molecule has 0 saturated carbocycles. The number of benzene rings is 2. The highest BCUT2D eigenvalue weighted by molar-refractivity contribution is 5.74. The number of urea groups is 1. The van der Waals surface area contributed by atoms with Gasteiger partial charge in [0.1, 0.15) is 0 Å². The van der Waals surface area contributed by atoms with E-state index < -0.39 is 0 Å². The standard InChI is InChI=1S/C21H24N4O/c1-16-8-6-7-11-20(16)17(2)24-21(26)22-12-19-13-23-25(15-19)14-18-9-4-3-5-10-18/h3-11,13,15,17H,12,14H2,1-2H3,(H2,22,24,26). The van der Waals surface area contributed by atoms with Gasteiger partial charge in [0, 0.05) is 18.3 Å².